The molecule has 0 spiro atoms. The van der Waals surface area contributed by atoms with Crippen molar-refractivity contribution in [2.45, 2.75) is 13.1 Å². The lowest BCUT2D eigenvalue weighted by molar-refractivity contribution is -0.137. The first-order chi connectivity index (χ1) is 14.8. The molecule has 0 bridgehead atoms. The summed E-state index contributed by atoms with van der Waals surface area (Å²) in [6.07, 6.45) is -3.03. The smallest absolute Gasteiger partial charge is 0.320 e. The number of pyridine rings is 1. The van der Waals surface area contributed by atoms with Crippen LogP contribution >= 0.6 is 0 Å². The topological polar surface area (TPSA) is 76.9 Å². The van der Waals surface area contributed by atoms with Crippen molar-refractivity contribution in [1.29, 1.82) is 0 Å². The van der Waals surface area contributed by atoms with E-state index in [0.717, 1.165) is 16.8 Å². The maximum absolute atomic E-state index is 13.5. The molecular weight excluding hydrogens is 409 g/mol. The zero-order chi connectivity index (χ0) is 22.2. The normalized spacial score (nSPS) is 11.5. The van der Waals surface area contributed by atoms with E-state index in [1.165, 1.54) is 25.1 Å². The monoisotopic (exact) mass is 424 g/mol. The molecule has 156 valence electrons. The maximum atomic E-state index is 13.5. The predicted octanol–water partition coefficient (Wildman–Crippen LogP) is 4.36. The Bertz CT molecular complexity index is 1360. The molecule has 9 heteroatoms. The molecule has 2 aromatic heterocycles. The van der Waals surface area contributed by atoms with Crippen LogP contribution in [0.25, 0.3) is 16.6 Å². The Labute approximate surface area is 174 Å². The maximum Gasteiger partial charge on any atom is 0.418 e. The number of aryl methyl sites for hydroxylation is 1. The fourth-order valence-electron chi connectivity index (χ4n) is 3.24. The molecular formula is C22H15F3N4O2. The van der Waals surface area contributed by atoms with Gasteiger partial charge in [0.15, 0.2) is 5.69 Å². The highest BCUT2D eigenvalue weighted by molar-refractivity contribution is 6.07. The van der Waals surface area contributed by atoms with Crippen LogP contribution in [0.1, 0.15) is 21.7 Å². The van der Waals surface area contributed by atoms with Crippen molar-refractivity contribution in [3.05, 3.63) is 94.0 Å². The van der Waals surface area contributed by atoms with Crippen LogP contribution in [0.15, 0.2) is 71.7 Å². The third kappa shape index (κ3) is 3.89. The number of amides is 1. The van der Waals surface area contributed by atoms with Crippen LogP contribution in [0, 0.1) is 6.92 Å². The van der Waals surface area contributed by atoms with E-state index in [2.05, 4.69) is 15.4 Å². The minimum atomic E-state index is -4.63. The number of anilines is 1. The molecule has 0 saturated heterocycles. The van der Waals surface area contributed by atoms with Crippen molar-refractivity contribution in [1.82, 2.24) is 14.8 Å². The van der Waals surface area contributed by atoms with Gasteiger partial charge < -0.3 is 5.32 Å². The van der Waals surface area contributed by atoms with E-state index in [1.807, 2.05) is 0 Å². The van der Waals surface area contributed by atoms with Gasteiger partial charge in [-0.05, 0) is 43.3 Å². The van der Waals surface area contributed by atoms with Gasteiger partial charge in [-0.1, -0.05) is 18.2 Å². The molecule has 4 aromatic rings. The van der Waals surface area contributed by atoms with E-state index in [-0.39, 0.29) is 11.4 Å². The number of nitrogens with one attached hydrogen (secondary N) is 1. The fourth-order valence-corrected chi connectivity index (χ4v) is 3.24. The highest BCUT2D eigenvalue weighted by Gasteiger charge is 2.34. The van der Waals surface area contributed by atoms with Gasteiger partial charge in [0, 0.05) is 23.3 Å². The molecule has 2 heterocycles. The molecule has 0 saturated carbocycles. The van der Waals surface area contributed by atoms with Crippen molar-refractivity contribution < 1.29 is 18.0 Å². The Morgan fingerprint density at radius 1 is 1.03 bits per heavy atom. The number of halogens is 3. The number of alkyl halides is 3. The lowest BCUT2D eigenvalue weighted by Gasteiger charge is -2.16. The van der Waals surface area contributed by atoms with Crippen molar-refractivity contribution in [3.63, 3.8) is 0 Å². The van der Waals surface area contributed by atoms with Crippen LogP contribution in [0.4, 0.5) is 18.9 Å². The number of rotatable bonds is 3. The van der Waals surface area contributed by atoms with Crippen LogP contribution in [0.2, 0.25) is 0 Å². The second kappa shape index (κ2) is 7.67. The summed E-state index contributed by atoms with van der Waals surface area (Å²) in [4.78, 5) is 29.5. The van der Waals surface area contributed by atoms with Crippen LogP contribution < -0.4 is 10.7 Å². The summed E-state index contributed by atoms with van der Waals surface area (Å²) < 4.78 is 41.3. The molecule has 0 aliphatic heterocycles. The largest absolute Gasteiger partial charge is 0.418 e. The standard InChI is InChI=1S/C22H15F3N4O2/c1-13-12-19(30)20(28-29(13)18-10-3-2-7-15(18)22(23,24)25)21(31)27-17-9-4-8-16-14(17)6-5-11-26-16/h2-12H,1H3,(H,27,31). The zero-order valence-corrected chi connectivity index (χ0v) is 16.1. The Hall–Kier alpha value is -4.01. The predicted molar refractivity (Wildman–Crippen MR) is 109 cm³/mol. The second-order valence-electron chi connectivity index (χ2n) is 6.76. The van der Waals surface area contributed by atoms with E-state index in [9.17, 15) is 22.8 Å². The third-order valence-electron chi connectivity index (χ3n) is 4.65. The summed E-state index contributed by atoms with van der Waals surface area (Å²) in [5, 5.41) is 7.22. The second-order valence-corrected chi connectivity index (χ2v) is 6.76. The fraction of sp³-hybridized carbons (Fsp3) is 0.0909. The first kappa shape index (κ1) is 20.3. The van der Waals surface area contributed by atoms with Gasteiger partial charge in [0.05, 0.1) is 22.5 Å². The van der Waals surface area contributed by atoms with Gasteiger partial charge >= 0.3 is 6.18 Å². The van der Waals surface area contributed by atoms with Gasteiger partial charge in [0.1, 0.15) is 0 Å². The van der Waals surface area contributed by atoms with E-state index in [4.69, 9.17) is 0 Å². The quantitative estimate of drug-likeness (QED) is 0.530. The molecule has 0 aliphatic carbocycles. The van der Waals surface area contributed by atoms with Gasteiger partial charge in [-0.2, -0.15) is 18.3 Å². The van der Waals surface area contributed by atoms with Gasteiger partial charge in [0.2, 0.25) is 5.43 Å². The summed E-state index contributed by atoms with van der Waals surface area (Å²) >= 11 is 0. The lowest BCUT2D eigenvalue weighted by atomic mass is 10.1. The highest BCUT2D eigenvalue weighted by atomic mass is 19.4. The first-order valence-corrected chi connectivity index (χ1v) is 9.18. The SMILES string of the molecule is Cc1cc(=O)c(C(=O)Nc2cccc3ncccc23)nn1-c1ccccc1C(F)(F)F. The minimum absolute atomic E-state index is 0.160. The molecule has 1 N–H and O–H groups in total. The Balaban J connectivity index is 1.79. The summed E-state index contributed by atoms with van der Waals surface area (Å²) in [5.41, 5.74) is -1.24. The van der Waals surface area contributed by atoms with Crippen LogP contribution in [0.5, 0.6) is 0 Å². The molecule has 0 radical (unpaired) electrons. The molecule has 0 fully saturated rings. The number of carbonyl (C=O) groups is 1. The first-order valence-electron chi connectivity index (χ1n) is 9.18. The summed E-state index contributed by atoms with van der Waals surface area (Å²) in [6.45, 7) is 1.44. The number of fused-ring (bicyclic) bond motifs is 1. The van der Waals surface area contributed by atoms with E-state index >= 15 is 0 Å². The van der Waals surface area contributed by atoms with E-state index < -0.39 is 28.8 Å². The molecule has 2 aromatic carbocycles. The molecule has 1 amide bonds. The van der Waals surface area contributed by atoms with Gasteiger partial charge in [-0.15, -0.1) is 0 Å². The lowest BCUT2D eigenvalue weighted by Crippen LogP contribution is -2.27. The van der Waals surface area contributed by atoms with Gasteiger partial charge in [0.25, 0.3) is 5.91 Å². The van der Waals surface area contributed by atoms with Crippen molar-refractivity contribution in [2.24, 2.45) is 0 Å². The number of hydrogen-bond acceptors (Lipinski definition) is 4. The number of hydrogen-bond donors (Lipinski definition) is 1. The molecule has 31 heavy (non-hydrogen) atoms. The average Bonchev–Trinajstić information content (AvgIpc) is 2.73. The summed E-state index contributed by atoms with van der Waals surface area (Å²) in [6, 6.07) is 14.4. The molecule has 0 aliphatic rings. The zero-order valence-electron chi connectivity index (χ0n) is 16.1. The van der Waals surface area contributed by atoms with Crippen LogP contribution in [-0.4, -0.2) is 20.7 Å². The number of benzene rings is 2. The van der Waals surface area contributed by atoms with E-state index in [1.54, 1.807) is 36.5 Å². The number of nitrogens with zero attached hydrogens (tertiary/aromatic N) is 3. The van der Waals surface area contributed by atoms with Gasteiger partial charge in [-0.3, -0.25) is 14.6 Å². The molecule has 4 rings (SSSR count). The Morgan fingerprint density at radius 2 is 1.81 bits per heavy atom. The Kier molecular flexibility index (Phi) is 5.02. The molecule has 0 unspecified atom stereocenters. The highest BCUT2D eigenvalue weighted by Crippen LogP contribution is 2.33. The van der Waals surface area contributed by atoms with Crippen LogP contribution in [0.3, 0.4) is 0 Å². The van der Waals surface area contributed by atoms with Crippen molar-refractivity contribution in [3.8, 4) is 5.69 Å². The summed E-state index contributed by atoms with van der Waals surface area (Å²) in [5.74, 6) is -0.834. The van der Waals surface area contributed by atoms with Crippen molar-refractivity contribution in [2.75, 3.05) is 5.32 Å². The van der Waals surface area contributed by atoms with Crippen molar-refractivity contribution >= 4 is 22.5 Å². The average molecular weight is 424 g/mol. The van der Waals surface area contributed by atoms with Gasteiger partial charge in [-0.25, -0.2) is 4.68 Å². The van der Waals surface area contributed by atoms with Crippen LogP contribution in [-0.2, 0) is 6.18 Å². The summed E-state index contributed by atoms with van der Waals surface area (Å²) in [7, 11) is 0. The number of aromatic nitrogens is 3. The molecule has 6 nitrogen and oxygen atoms in total. The van der Waals surface area contributed by atoms with E-state index in [0.29, 0.717) is 16.6 Å². The number of carbonyl (C=O) groups excluding carboxylic acids is 1. The Morgan fingerprint density at radius 3 is 2.58 bits per heavy atom. The third-order valence-corrected chi connectivity index (χ3v) is 4.65. The minimum Gasteiger partial charge on any atom is -0.320 e. The number of para-hydroxylation sites is 1. The molecule has 0 atom stereocenters.